The first-order chi connectivity index (χ1) is 10.5. The molecule has 1 aromatic rings. The zero-order chi connectivity index (χ0) is 15.7. The van der Waals surface area contributed by atoms with Crippen LogP contribution in [0.4, 0.5) is 18.9 Å². The van der Waals surface area contributed by atoms with Gasteiger partial charge in [-0.3, -0.25) is 4.90 Å². The Labute approximate surface area is 129 Å². The van der Waals surface area contributed by atoms with E-state index in [0.717, 1.165) is 50.5 Å². The monoisotopic (exact) mass is 313 g/mol. The highest BCUT2D eigenvalue weighted by molar-refractivity contribution is 5.61. The molecule has 22 heavy (non-hydrogen) atoms. The van der Waals surface area contributed by atoms with Crippen molar-refractivity contribution in [3.63, 3.8) is 0 Å². The fourth-order valence-corrected chi connectivity index (χ4v) is 3.55. The van der Waals surface area contributed by atoms with Crippen LogP contribution in [0, 0.1) is 0 Å². The second-order valence-electron chi connectivity index (χ2n) is 6.04. The lowest BCUT2D eigenvalue weighted by molar-refractivity contribution is -0.137. The van der Waals surface area contributed by atoms with Crippen molar-refractivity contribution in [2.45, 2.75) is 25.6 Å². The van der Waals surface area contributed by atoms with Gasteiger partial charge >= 0.3 is 6.18 Å². The molecular weight excluding hydrogens is 291 g/mol. The minimum atomic E-state index is -4.26. The molecule has 1 saturated heterocycles. The van der Waals surface area contributed by atoms with Crippen molar-refractivity contribution in [2.75, 3.05) is 44.2 Å². The van der Waals surface area contributed by atoms with Crippen LogP contribution in [-0.4, -0.2) is 50.2 Å². The molecule has 1 atom stereocenters. The van der Waals surface area contributed by atoms with Crippen molar-refractivity contribution >= 4 is 5.69 Å². The second-order valence-corrected chi connectivity index (χ2v) is 6.04. The number of anilines is 1. The molecule has 1 aromatic carbocycles. The van der Waals surface area contributed by atoms with Crippen LogP contribution in [0.2, 0.25) is 0 Å². The fourth-order valence-electron chi connectivity index (χ4n) is 3.55. The van der Waals surface area contributed by atoms with Gasteiger partial charge in [0.05, 0.1) is 5.56 Å². The lowest BCUT2D eigenvalue weighted by atomic mass is 10.1. The number of nitrogens with zero attached hydrogens (tertiary/aromatic N) is 2. The van der Waals surface area contributed by atoms with Crippen molar-refractivity contribution in [2.24, 2.45) is 0 Å². The molecule has 1 N–H and O–H groups in total. The number of benzene rings is 1. The Bertz CT molecular complexity index is 524. The maximum atomic E-state index is 12.9. The average Bonchev–Trinajstić information content (AvgIpc) is 2.83. The van der Waals surface area contributed by atoms with Gasteiger partial charge in [0.25, 0.3) is 0 Å². The molecule has 3 rings (SSSR count). The molecule has 0 radical (unpaired) electrons. The molecule has 2 aliphatic rings. The predicted octanol–water partition coefficient (Wildman–Crippen LogP) is 2.36. The van der Waals surface area contributed by atoms with Gasteiger partial charge < -0.3 is 10.2 Å². The third-order valence-corrected chi connectivity index (χ3v) is 4.63. The predicted molar refractivity (Wildman–Crippen MR) is 81.3 cm³/mol. The normalized spacial score (nSPS) is 22.9. The van der Waals surface area contributed by atoms with Crippen molar-refractivity contribution in [1.29, 1.82) is 0 Å². The van der Waals surface area contributed by atoms with Crippen LogP contribution in [0.3, 0.4) is 0 Å². The van der Waals surface area contributed by atoms with Crippen LogP contribution < -0.4 is 10.2 Å². The van der Waals surface area contributed by atoms with E-state index in [4.69, 9.17) is 0 Å². The summed E-state index contributed by atoms with van der Waals surface area (Å²) in [5.74, 6) is 0. The van der Waals surface area contributed by atoms with Gasteiger partial charge in [-0.15, -0.1) is 0 Å². The van der Waals surface area contributed by atoms with Gasteiger partial charge in [0.1, 0.15) is 0 Å². The zero-order valence-corrected chi connectivity index (χ0v) is 12.8. The van der Waals surface area contributed by atoms with Crippen molar-refractivity contribution in [3.05, 3.63) is 29.3 Å². The van der Waals surface area contributed by atoms with E-state index in [0.29, 0.717) is 6.42 Å². The van der Waals surface area contributed by atoms with Crippen molar-refractivity contribution in [1.82, 2.24) is 10.2 Å². The van der Waals surface area contributed by atoms with E-state index in [-0.39, 0.29) is 6.04 Å². The maximum absolute atomic E-state index is 12.9. The topological polar surface area (TPSA) is 18.5 Å². The Kier molecular flexibility index (Phi) is 4.32. The van der Waals surface area contributed by atoms with E-state index in [2.05, 4.69) is 22.0 Å². The summed E-state index contributed by atoms with van der Waals surface area (Å²) in [6.07, 6.45) is -3.56. The largest absolute Gasteiger partial charge is 0.416 e. The molecule has 0 aromatic heterocycles. The van der Waals surface area contributed by atoms with Gasteiger partial charge in [-0.05, 0) is 37.1 Å². The highest BCUT2D eigenvalue weighted by Crippen LogP contribution is 2.37. The molecule has 2 aliphatic heterocycles. The van der Waals surface area contributed by atoms with Crippen LogP contribution in [0.25, 0.3) is 0 Å². The highest BCUT2D eigenvalue weighted by atomic mass is 19.4. The number of fused-ring (bicyclic) bond motifs is 1. The summed E-state index contributed by atoms with van der Waals surface area (Å²) in [6.45, 7) is 7.82. The summed E-state index contributed by atoms with van der Waals surface area (Å²) < 4.78 is 38.6. The van der Waals surface area contributed by atoms with Gasteiger partial charge in [0.15, 0.2) is 0 Å². The summed E-state index contributed by atoms with van der Waals surface area (Å²) in [5.41, 5.74) is 1.26. The van der Waals surface area contributed by atoms with Crippen LogP contribution >= 0.6 is 0 Å². The smallest absolute Gasteiger partial charge is 0.367 e. The molecule has 3 nitrogen and oxygen atoms in total. The first kappa shape index (κ1) is 15.6. The minimum absolute atomic E-state index is 0.279. The molecule has 6 heteroatoms. The van der Waals surface area contributed by atoms with Crippen LogP contribution in [-0.2, 0) is 12.6 Å². The van der Waals surface area contributed by atoms with Gasteiger partial charge in [-0.25, -0.2) is 0 Å². The molecular formula is C16H22F3N3. The molecule has 0 bridgehead atoms. The Balaban J connectivity index is 1.77. The number of halogens is 3. The lowest BCUT2D eigenvalue weighted by Gasteiger charge is -2.34. The Morgan fingerprint density at radius 1 is 1.23 bits per heavy atom. The summed E-state index contributed by atoms with van der Waals surface area (Å²) in [6, 6.07) is 4.45. The fraction of sp³-hybridized carbons (Fsp3) is 0.625. The Hall–Kier alpha value is -1.27. The first-order valence-electron chi connectivity index (χ1n) is 7.89. The number of rotatable bonds is 3. The van der Waals surface area contributed by atoms with Crippen molar-refractivity contribution < 1.29 is 13.2 Å². The molecule has 122 valence electrons. The van der Waals surface area contributed by atoms with E-state index >= 15 is 0 Å². The van der Waals surface area contributed by atoms with Crippen LogP contribution in [0.5, 0.6) is 0 Å². The quantitative estimate of drug-likeness (QED) is 0.924. The van der Waals surface area contributed by atoms with Crippen molar-refractivity contribution in [3.8, 4) is 0 Å². The van der Waals surface area contributed by atoms with Gasteiger partial charge in [0.2, 0.25) is 0 Å². The van der Waals surface area contributed by atoms with Gasteiger partial charge in [0, 0.05) is 51.0 Å². The molecule has 0 saturated carbocycles. The number of hydrogen-bond acceptors (Lipinski definition) is 3. The van der Waals surface area contributed by atoms with Crippen LogP contribution in [0.15, 0.2) is 18.2 Å². The summed E-state index contributed by atoms with van der Waals surface area (Å²) >= 11 is 0. The number of hydrogen-bond donors (Lipinski definition) is 1. The minimum Gasteiger partial charge on any atom is -0.367 e. The first-order valence-corrected chi connectivity index (χ1v) is 7.89. The Morgan fingerprint density at radius 2 is 1.95 bits per heavy atom. The molecule has 1 fully saturated rings. The SMILES string of the molecule is CCN1c2ccc(C(F)(F)F)cc2CC1CN1CCNCC1. The van der Waals surface area contributed by atoms with Crippen LogP contribution in [0.1, 0.15) is 18.1 Å². The van der Waals surface area contributed by atoms with E-state index in [1.165, 1.54) is 12.1 Å². The van der Waals surface area contributed by atoms with Gasteiger partial charge in [-0.2, -0.15) is 13.2 Å². The second kappa shape index (κ2) is 6.08. The van der Waals surface area contributed by atoms with E-state index in [1.54, 1.807) is 6.07 Å². The summed E-state index contributed by atoms with van der Waals surface area (Å²) in [5, 5.41) is 3.33. The summed E-state index contributed by atoms with van der Waals surface area (Å²) in [4.78, 5) is 4.65. The van der Waals surface area contributed by atoms with E-state index in [9.17, 15) is 13.2 Å². The third-order valence-electron chi connectivity index (χ3n) is 4.63. The molecule has 0 aliphatic carbocycles. The maximum Gasteiger partial charge on any atom is 0.416 e. The molecule has 2 heterocycles. The number of alkyl halides is 3. The lowest BCUT2D eigenvalue weighted by Crippen LogP contribution is -2.49. The zero-order valence-electron chi connectivity index (χ0n) is 12.8. The molecule has 1 unspecified atom stereocenters. The molecule has 0 amide bonds. The number of likely N-dealkylation sites (N-methyl/N-ethyl adjacent to an activating group) is 1. The Morgan fingerprint density at radius 3 is 2.59 bits per heavy atom. The molecule has 0 spiro atoms. The van der Waals surface area contributed by atoms with E-state index < -0.39 is 11.7 Å². The number of nitrogens with one attached hydrogen (secondary N) is 1. The van der Waals surface area contributed by atoms with Gasteiger partial charge in [-0.1, -0.05) is 0 Å². The van der Waals surface area contributed by atoms with E-state index in [1.807, 2.05) is 0 Å². The standard InChI is InChI=1S/C16H22F3N3/c1-2-22-14(11-21-7-5-20-6-8-21)10-12-9-13(16(17,18)19)3-4-15(12)22/h3-4,9,14,20H,2,5-8,10-11H2,1H3. The average molecular weight is 313 g/mol. The summed E-state index contributed by atoms with van der Waals surface area (Å²) in [7, 11) is 0. The number of piperazine rings is 1. The third kappa shape index (κ3) is 3.08. The highest BCUT2D eigenvalue weighted by Gasteiger charge is 2.35.